The number of halogens is 1. The van der Waals surface area contributed by atoms with E-state index in [0.29, 0.717) is 5.02 Å². The first-order valence-corrected chi connectivity index (χ1v) is 7.97. The van der Waals surface area contributed by atoms with Gasteiger partial charge in [0.15, 0.2) is 5.11 Å². The Kier molecular flexibility index (Phi) is 6.35. The van der Waals surface area contributed by atoms with Gasteiger partial charge < -0.3 is 10.1 Å². The topological polar surface area (TPSA) is 50.4 Å². The second-order valence-electron chi connectivity index (χ2n) is 4.96. The minimum Gasteiger partial charge on any atom is -0.497 e. The smallest absolute Gasteiger partial charge is 0.250 e. The lowest BCUT2D eigenvalue weighted by molar-refractivity contribution is -0.115. The first-order valence-electron chi connectivity index (χ1n) is 7.19. The van der Waals surface area contributed by atoms with Crippen LogP contribution in [0.3, 0.4) is 0 Å². The van der Waals surface area contributed by atoms with E-state index in [9.17, 15) is 4.79 Å². The lowest BCUT2D eigenvalue weighted by Crippen LogP contribution is -2.33. The van der Waals surface area contributed by atoms with Crippen molar-refractivity contribution in [1.29, 1.82) is 0 Å². The quantitative estimate of drug-likeness (QED) is 0.634. The Morgan fingerprint density at radius 1 is 1.21 bits per heavy atom. The zero-order valence-electron chi connectivity index (χ0n) is 13.3. The fourth-order valence-electron chi connectivity index (χ4n) is 1.94. The van der Waals surface area contributed by atoms with E-state index < -0.39 is 0 Å². The summed E-state index contributed by atoms with van der Waals surface area (Å²) in [7, 11) is 1.61. The molecule has 0 saturated heterocycles. The number of carbonyl (C=O) groups excluding carboxylic acids is 1. The first-order chi connectivity index (χ1) is 11.5. The molecule has 6 heteroatoms. The molecule has 0 radical (unpaired) electrons. The Bertz CT molecular complexity index is 773. The van der Waals surface area contributed by atoms with Crippen molar-refractivity contribution >= 4 is 46.6 Å². The number of hydrogen-bond acceptors (Lipinski definition) is 3. The van der Waals surface area contributed by atoms with Crippen LogP contribution in [0.5, 0.6) is 5.75 Å². The molecule has 2 aromatic rings. The molecular formula is C18H17ClN2O2S. The molecule has 0 heterocycles. The Hall–Kier alpha value is -2.37. The molecule has 0 aliphatic rings. The molecule has 0 atom stereocenters. The summed E-state index contributed by atoms with van der Waals surface area (Å²) < 4.78 is 5.08. The van der Waals surface area contributed by atoms with E-state index in [1.165, 1.54) is 6.08 Å². The molecule has 2 rings (SSSR count). The average molecular weight is 361 g/mol. The lowest BCUT2D eigenvalue weighted by atomic mass is 10.2. The molecule has 0 bridgehead atoms. The summed E-state index contributed by atoms with van der Waals surface area (Å²) in [5.41, 5.74) is 2.51. The van der Waals surface area contributed by atoms with Crippen LogP contribution in [-0.4, -0.2) is 18.1 Å². The number of rotatable bonds is 4. The average Bonchev–Trinajstić information content (AvgIpc) is 2.57. The van der Waals surface area contributed by atoms with Crippen molar-refractivity contribution in [2.45, 2.75) is 6.92 Å². The van der Waals surface area contributed by atoms with E-state index >= 15 is 0 Å². The Labute approximate surface area is 151 Å². The summed E-state index contributed by atoms with van der Waals surface area (Å²) in [6.45, 7) is 1.87. The summed E-state index contributed by atoms with van der Waals surface area (Å²) in [6, 6.07) is 12.8. The van der Waals surface area contributed by atoms with Gasteiger partial charge in [0.1, 0.15) is 5.75 Å². The molecule has 0 fully saturated rings. The van der Waals surface area contributed by atoms with Crippen molar-refractivity contribution in [3.05, 3.63) is 64.7 Å². The second kappa shape index (κ2) is 8.47. The zero-order valence-corrected chi connectivity index (χ0v) is 14.9. The van der Waals surface area contributed by atoms with Crippen molar-refractivity contribution in [3.63, 3.8) is 0 Å². The van der Waals surface area contributed by atoms with Gasteiger partial charge in [-0.05, 0) is 60.6 Å². The number of benzene rings is 2. The molecule has 1 amide bonds. The number of anilines is 1. The summed E-state index contributed by atoms with van der Waals surface area (Å²) >= 11 is 11.2. The second-order valence-corrected chi connectivity index (χ2v) is 5.78. The Morgan fingerprint density at radius 3 is 2.58 bits per heavy atom. The number of thiocarbonyl (C=S) groups is 1. The number of methoxy groups -OCH3 is 1. The minimum absolute atomic E-state index is 0.213. The maximum atomic E-state index is 11.9. The molecule has 0 aliphatic carbocycles. The maximum Gasteiger partial charge on any atom is 0.250 e. The van der Waals surface area contributed by atoms with Gasteiger partial charge in [-0.25, -0.2) is 0 Å². The maximum absolute atomic E-state index is 11.9. The van der Waals surface area contributed by atoms with E-state index in [0.717, 1.165) is 22.6 Å². The zero-order chi connectivity index (χ0) is 17.5. The standard InChI is InChI=1S/C18H17ClN2O2S/c1-12-15(19)4-3-5-16(12)20-18(24)21-17(22)11-8-13-6-9-14(23-2)10-7-13/h3-11H,1-2H3,(H2,20,21,22,24)/b11-8+. The van der Waals surface area contributed by atoms with Gasteiger partial charge in [-0.3, -0.25) is 10.1 Å². The van der Waals surface area contributed by atoms with E-state index in [1.54, 1.807) is 19.3 Å². The lowest BCUT2D eigenvalue weighted by Gasteiger charge is -2.11. The van der Waals surface area contributed by atoms with Crippen LogP contribution in [0.1, 0.15) is 11.1 Å². The van der Waals surface area contributed by atoms with Gasteiger partial charge in [0, 0.05) is 16.8 Å². The Balaban J connectivity index is 1.92. The van der Waals surface area contributed by atoms with Gasteiger partial charge in [-0.15, -0.1) is 0 Å². The van der Waals surface area contributed by atoms with Gasteiger partial charge in [0.05, 0.1) is 7.11 Å². The predicted octanol–water partition coefficient (Wildman–Crippen LogP) is 4.18. The van der Waals surface area contributed by atoms with Crippen LogP contribution in [0.15, 0.2) is 48.5 Å². The van der Waals surface area contributed by atoms with Gasteiger partial charge in [-0.1, -0.05) is 29.8 Å². The molecule has 0 spiro atoms. The third-order valence-corrected chi connectivity index (χ3v) is 3.91. The van der Waals surface area contributed by atoms with Crippen LogP contribution >= 0.6 is 23.8 Å². The third kappa shape index (κ3) is 5.08. The summed E-state index contributed by atoms with van der Waals surface area (Å²) in [5, 5.41) is 6.40. The van der Waals surface area contributed by atoms with Gasteiger partial charge in [0.25, 0.3) is 0 Å². The van der Waals surface area contributed by atoms with Crippen molar-refractivity contribution in [1.82, 2.24) is 5.32 Å². The largest absolute Gasteiger partial charge is 0.497 e. The van der Waals surface area contributed by atoms with Crippen LogP contribution in [0.4, 0.5) is 5.69 Å². The number of carbonyl (C=O) groups is 1. The van der Waals surface area contributed by atoms with Crippen molar-refractivity contribution in [2.24, 2.45) is 0 Å². The molecule has 0 unspecified atom stereocenters. The predicted molar refractivity (Wildman–Crippen MR) is 103 cm³/mol. The monoisotopic (exact) mass is 360 g/mol. The van der Waals surface area contributed by atoms with Crippen molar-refractivity contribution < 1.29 is 9.53 Å². The fraction of sp³-hybridized carbons (Fsp3) is 0.111. The van der Waals surface area contributed by atoms with Crippen LogP contribution in [0.2, 0.25) is 5.02 Å². The summed E-state index contributed by atoms with van der Waals surface area (Å²) in [5.74, 6) is 0.446. The van der Waals surface area contributed by atoms with E-state index in [-0.39, 0.29) is 11.0 Å². The molecular weight excluding hydrogens is 344 g/mol. The highest BCUT2D eigenvalue weighted by Gasteiger charge is 2.05. The number of amides is 1. The van der Waals surface area contributed by atoms with Crippen LogP contribution in [0.25, 0.3) is 6.08 Å². The summed E-state index contributed by atoms with van der Waals surface area (Å²) in [6.07, 6.45) is 3.11. The number of hydrogen-bond donors (Lipinski definition) is 2. The third-order valence-electron chi connectivity index (χ3n) is 3.30. The van der Waals surface area contributed by atoms with Crippen LogP contribution in [0, 0.1) is 6.92 Å². The molecule has 2 N–H and O–H groups in total. The van der Waals surface area contributed by atoms with E-state index in [1.807, 2.05) is 43.3 Å². The fourth-order valence-corrected chi connectivity index (χ4v) is 2.32. The highest BCUT2D eigenvalue weighted by molar-refractivity contribution is 7.80. The van der Waals surface area contributed by atoms with Crippen LogP contribution in [-0.2, 0) is 4.79 Å². The van der Waals surface area contributed by atoms with Crippen LogP contribution < -0.4 is 15.4 Å². The normalized spacial score (nSPS) is 10.5. The summed E-state index contributed by atoms with van der Waals surface area (Å²) in [4.78, 5) is 11.9. The molecule has 2 aromatic carbocycles. The number of nitrogens with one attached hydrogen (secondary N) is 2. The molecule has 24 heavy (non-hydrogen) atoms. The highest BCUT2D eigenvalue weighted by Crippen LogP contribution is 2.22. The molecule has 0 aliphatic heterocycles. The van der Waals surface area contributed by atoms with E-state index in [4.69, 9.17) is 28.6 Å². The molecule has 4 nitrogen and oxygen atoms in total. The van der Waals surface area contributed by atoms with Gasteiger partial charge in [-0.2, -0.15) is 0 Å². The number of ether oxygens (including phenoxy) is 1. The van der Waals surface area contributed by atoms with Crippen molar-refractivity contribution in [3.8, 4) is 5.75 Å². The SMILES string of the molecule is COc1ccc(/C=C/C(=O)NC(=S)Nc2cccc(Cl)c2C)cc1. The first kappa shape index (κ1) is 18.0. The minimum atomic E-state index is -0.317. The van der Waals surface area contributed by atoms with Crippen molar-refractivity contribution in [2.75, 3.05) is 12.4 Å². The van der Waals surface area contributed by atoms with Gasteiger partial charge >= 0.3 is 0 Å². The highest BCUT2D eigenvalue weighted by atomic mass is 35.5. The molecule has 124 valence electrons. The molecule has 0 aromatic heterocycles. The van der Waals surface area contributed by atoms with E-state index in [2.05, 4.69) is 10.6 Å². The van der Waals surface area contributed by atoms with Gasteiger partial charge in [0.2, 0.25) is 5.91 Å². The Morgan fingerprint density at radius 2 is 1.92 bits per heavy atom. The molecule has 0 saturated carbocycles.